The quantitative estimate of drug-likeness (QED) is 0.791. The lowest BCUT2D eigenvalue weighted by Gasteiger charge is -2.17. The molecule has 68 valence electrons. The molecule has 1 heterocycles. The van der Waals surface area contributed by atoms with Crippen molar-refractivity contribution in [1.82, 2.24) is 4.98 Å². The van der Waals surface area contributed by atoms with E-state index in [1.54, 1.807) is 11.7 Å². The molecule has 0 aliphatic rings. The van der Waals surface area contributed by atoms with E-state index in [0.717, 1.165) is 11.8 Å². The van der Waals surface area contributed by atoms with Gasteiger partial charge < -0.3 is 5.73 Å². The molecule has 2 nitrogen and oxygen atoms in total. The van der Waals surface area contributed by atoms with E-state index in [2.05, 4.69) is 4.98 Å². The number of alkyl halides is 2. The van der Waals surface area contributed by atoms with E-state index in [4.69, 9.17) is 5.73 Å². The summed E-state index contributed by atoms with van der Waals surface area (Å²) in [6, 6.07) is -1.11. The monoisotopic (exact) mass is 192 g/mol. The molecule has 0 radical (unpaired) electrons. The lowest BCUT2D eigenvalue weighted by Crippen LogP contribution is -2.39. The maximum Gasteiger partial charge on any atom is 0.260 e. The van der Waals surface area contributed by atoms with Crippen LogP contribution in [-0.2, 0) is 6.42 Å². The van der Waals surface area contributed by atoms with E-state index in [1.807, 2.05) is 0 Å². The summed E-state index contributed by atoms with van der Waals surface area (Å²) in [5.74, 6) is -2.82. The van der Waals surface area contributed by atoms with Crippen LogP contribution in [0.15, 0.2) is 11.7 Å². The Hall–Kier alpha value is -0.550. The van der Waals surface area contributed by atoms with Crippen LogP contribution in [0.3, 0.4) is 0 Å². The van der Waals surface area contributed by atoms with Crippen LogP contribution in [0.25, 0.3) is 0 Å². The van der Waals surface area contributed by atoms with Crippen LogP contribution < -0.4 is 5.73 Å². The molecular formula is C7H10F2N2S. The first-order valence-corrected chi connectivity index (χ1v) is 4.39. The molecule has 0 aromatic carbocycles. The van der Waals surface area contributed by atoms with Gasteiger partial charge in [0.1, 0.15) is 0 Å². The number of halogens is 2. The second-order valence-corrected chi connectivity index (χ2v) is 3.71. The molecule has 1 unspecified atom stereocenters. The average Bonchev–Trinajstić information content (AvgIpc) is 2.37. The van der Waals surface area contributed by atoms with E-state index in [1.165, 1.54) is 11.3 Å². The van der Waals surface area contributed by atoms with Gasteiger partial charge in [0, 0.05) is 24.4 Å². The van der Waals surface area contributed by atoms with Gasteiger partial charge in [-0.2, -0.15) is 0 Å². The van der Waals surface area contributed by atoms with Gasteiger partial charge in [0.05, 0.1) is 11.6 Å². The zero-order valence-electron chi connectivity index (χ0n) is 6.63. The Balaban J connectivity index is 2.53. The Labute approximate surface area is 73.4 Å². The van der Waals surface area contributed by atoms with Crippen molar-refractivity contribution < 1.29 is 8.78 Å². The summed E-state index contributed by atoms with van der Waals surface area (Å²) in [6.07, 6.45) is 1.75. The van der Waals surface area contributed by atoms with Gasteiger partial charge in [0.15, 0.2) is 0 Å². The fraction of sp³-hybridized carbons (Fsp3) is 0.571. The third-order valence-electron chi connectivity index (χ3n) is 1.56. The van der Waals surface area contributed by atoms with E-state index in [-0.39, 0.29) is 6.42 Å². The number of rotatable bonds is 3. The minimum absolute atomic E-state index is 0.189. The van der Waals surface area contributed by atoms with Crippen molar-refractivity contribution in [3.05, 3.63) is 16.6 Å². The molecule has 0 saturated carbocycles. The summed E-state index contributed by atoms with van der Waals surface area (Å²) in [4.78, 5) is 4.57. The van der Waals surface area contributed by atoms with Crippen molar-refractivity contribution in [2.45, 2.75) is 25.3 Å². The first-order valence-electron chi connectivity index (χ1n) is 3.51. The smallest absolute Gasteiger partial charge is 0.260 e. The van der Waals surface area contributed by atoms with Crippen molar-refractivity contribution >= 4 is 11.3 Å². The molecule has 1 aromatic heterocycles. The number of aromatic nitrogens is 1. The number of hydrogen-bond donors (Lipinski definition) is 1. The summed E-state index contributed by atoms with van der Waals surface area (Å²) in [7, 11) is 0. The van der Waals surface area contributed by atoms with Gasteiger partial charge in [0.25, 0.3) is 5.92 Å². The van der Waals surface area contributed by atoms with Gasteiger partial charge in [-0.05, 0) is 0 Å². The molecule has 0 amide bonds. The predicted molar refractivity (Wildman–Crippen MR) is 44.4 cm³/mol. The molecule has 0 saturated heterocycles. The normalized spacial score (nSPS) is 14.7. The summed E-state index contributed by atoms with van der Waals surface area (Å²) in [6.45, 7) is 0.832. The average molecular weight is 192 g/mol. The van der Waals surface area contributed by atoms with Crippen LogP contribution in [0.1, 0.15) is 11.8 Å². The van der Waals surface area contributed by atoms with Crippen molar-refractivity contribution in [2.24, 2.45) is 5.73 Å². The number of nitrogens with two attached hydrogens (primary N) is 1. The zero-order chi connectivity index (χ0) is 9.19. The molecule has 1 aromatic rings. The zero-order valence-corrected chi connectivity index (χ0v) is 7.44. The Morgan fingerprint density at radius 2 is 2.42 bits per heavy atom. The summed E-state index contributed by atoms with van der Waals surface area (Å²) in [5, 5.41) is 0. The first kappa shape index (κ1) is 9.54. The van der Waals surface area contributed by atoms with Crippen LogP contribution in [0, 0.1) is 0 Å². The van der Waals surface area contributed by atoms with Gasteiger partial charge in [-0.1, -0.05) is 0 Å². The Bertz CT molecular complexity index is 230. The molecule has 12 heavy (non-hydrogen) atoms. The SMILES string of the molecule is CC(F)(F)C(N)Cc1cncs1. The van der Waals surface area contributed by atoms with Gasteiger partial charge in [-0.15, -0.1) is 11.3 Å². The van der Waals surface area contributed by atoms with E-state index in [9.17, 15) is 8.78 Å². The highest BCUT2D eigenvalue weighted by Gasteiger charge is 2.30. The second-order valence-electron chi connectivity index (χ2n) is 2.73. The third-order valence-corrected chi connectivity index (χ3v) is 2.36. The van der Waals surface area contributed by atoms with E-state index in [0.29, 0.717) is 0 Å². The molecular weight excluding hydrogens is 182 g/mol. The van der Waals surface area contributed by atoms with Crippen LogP contribution in [0.4, 0.5) is 8.78 Å². The van der Waals surface area contributed by atoms with Crippen molar-refractivity contribution in [1.29, 1.82) is 0 Å². The van der Waals surface area contributed by atoms with Gasteiger partial charge in [0.2, 0.25) is 0 Å². The van der Waals surface area contributed by atoms with Crippen LogP contribution in [-0.4, -0.2) is 16.9 Å². The van der Waals surface area contributed by atoms with Gasteiger partial charge >= 0.3 is 0 Å². The predicted octanol–water partition coefficient (Wildman–Crippen LogP) is 1.67. The highest BCUT2D eigenvalue weighted by molar-refractivity contribution is 7.09. The molecule has 2 N–H and O–H groups in total. The van der Waals surface area contributed by atoms with E-state index >= 15 is 0 Å². The van der Waals surface area contributed by atoms with Crippen molar-refractivity contribution in [3.8, 4) is 0 Å². The van der Waals surface area contributed by atoms with Crippen LogP contribution in [0.2, 0.25) is 0 Å². The summed E-state index contributed by atoms with van der Waals surface area (Å²) in [5.41, 5.74) is 6.88. The van der Waals surface area contributed by atoms with Gasteiger partial charge in [-0.25, -0.2) is 8.78 Å². The maximum atomic E-state index is 12.6. The Morgan fingerprint density at radius 3 is 2.83 bits per heavy atom. The minimum atomic E-state index is -2.82. The molecule has 0 bridgehead atoms. The largest absolute Gasteiger partial charge is 0.322 e. The number of hydrogen-bond acceptors (Lipinski definition) is 3. The molecule has 5 heteroatoms. The van der Waals surface area contributed by atoms with Crippen LogP contribution in [0.5, 0.6) is 0 Å². The topological polar surface area (TPSA) is 38.9 Å². The van der Waals surface area contributed by atoms with E-state index < -0.39 is 12.0 Å². The summed E-state index contributed by atoms with van der Waals surface area (Å²) < 4.78 is 25.1. The fourth-order valence-electron chi connectivity index (χ4n) is 0.739. The first-order chi connectivity index (χ1) is 5.50. The molecule has 1 rings (SSSR count). The second kappa shape index (κ2) is 3.45. The molecule has 0 fully saturated rings. The highest BCUT2D eigenvalue weighted by atomic mass is 32.1. The van der Waals surface area contributed by atoms with Crippen LogP contribution >= 0.6 is 11.3 Å². The number of nitrogens with zero attached hydrogens (tertiary/aromatic N) is 1. The fourth-order valence-corrected chi connectivity index (χ4v) is 1.39. The lowest BCUT2D eigenvalue weighted by atomic mass is 10.1. The molecule has 0 aliphatic carbocycles. The Kier molecular flexibility index (Phi) is 2.74. The molecule has 1 atom stereocenters. The maximum absolute atomic E-state index is 12.6. The third kappa shape index (κ3) is 2.49. The molecule has 0 aliphatic heterocycles. The highest BCUT2D eigenvalue weighted by Crippen LogP contribution is 2.20. The standard InChI is InChI=1S/C7H10F2N2S/c1-7(8,9)6(10)2-5-3-11-4-12-5/h3-4,6H,2,10H2,1H3. The summed E-state index contributed by atoms with van der Waals surface area (Å²) >= 11 is 1.34. The minimum Gasteiger partial charge on any atom is -0.322 e. The molecule has 0 spiro atoms. The van der Waals surface area contributed by atoms with Crippen molar-refractivity contribution in [3.63, 3.8) is 0 Å². The lowest BCUT2D eigenvalue weighted by molar-refractivity contribution is -0.00491. The Morgan fingerprint density at radius 1 is 1.75 bits per heavy atom. The number of thiazole rings is 1. The van der Waals surface area contributed by atoms with Crippen molar-refractivity contribution in [2.75, 3.05) is 0 Å². The van der Waals surface area contributed by atoms with Gasteiger partial charge in [-0.3, -0.25) is 4.98 Å².